The Kier molecular flexibility index (Phi) is 3.91. The van der Waals surface area contributed by atoms with E-state index in [1.165, 1.54) is 14.2 Å². The van der Waals surface area contributed by atoms with Gasteiger partial charge in [0.25, 0.3) is 0 Å². The average Bonchev–Trinajstić information content (AvgIpc) is 2.62. The van der Waals surface area contributed by atoms with Crippen LogP contribution in [-0.4, -0.2) is 34.2 Å². The van der Waals surface area contributed by atoms with Crippen LogP contribution in [0.1, 0.15) is 0 Å². The van der Waals surface area contributed by atoms with E-state index in [2.05, 4.69) is 19.9 Å². The fourth-order valence-corrected chi connectivity index (χ4v) is 2.01. The molecule has 2 heterocycles. The fraction of sp³-hybridized carbons (Fsp3) is 0.125. The molecule has 1 aromatic carbocycles. The van der Waals surface area contributed by atoms with E-state index < -0.39 is 0 Å². The Morgan fingerprint density at radius 2 is 1.14 bits per heavy atom. The zero-order valence-electron chi connectivity index (χ0n) is 12.2. The van der Waals surface area contributed by atoms with Crippen LogP contribution in [0.2, 0.25) is 0 Å². The number of pyridine rings is 1. The standard InChI is InChI=1S/C16H14N4O2/c1-21-15-18-14(19-16(20-15)22-2)13-5-3-11(4-6-13)12-7-9-17-10-8-12/h3-10H,1-2H3. The van der Waals surface area contributed by atoms with Gasteiger partial charge in [-0.2, -0.15) is 9.97 Å². The molecule has 0 saturated carbocycles. The number of hydrogen-bond acceptors (Lipinski definition) is 6. The molecule has 110 valence electrons. The summed E-state index contributed by atoms with van der Waals surface area (Å²) in [5.41, 5.74) is 3.06. The molecule has 0 atom stereocenters. The molecule has 0 spiro atoms. The first-order valence-corrected chi connectivity index (χ1v) is 6.65. The number of nitrogens with zero attached hydrogens (tertiary/aromatic N) is 4. The maximum Gasteiger partial charge on any atom is 0.322 e. The summed E-state index contributed by atoms with van der Waals surface area (Å²) < 4.78 is 10.1. The highest BCUT2D eigenvalue weighted by atomic mass is 16.5. The van der Waals surface area contributed by atoms with Gasteiger partial charge in [-0.1, -0.05) is 24.3 Å². The molecule has 0 aliphatic heterocycles. The summed E-state index contributed by atoms with van der Waals surface area (Å²) in [6.07, 6.45) is 3.54. The Hall–Kier alpha value is -3.02. The maximum absolute atomic E-state index is 5.06. The number of aromatic nitrogens is 4. The van der Waals surface area contributed by atoms with Gasteiger partial charge in [0, 0.05) is 18.0 Å². The average molecular weight is 294 g/mol. The molecule has 0 bridgehead atoms. The van der Waals surface area contributed by atoms with E-state index in [9.17, 15) is 0 Å². The molecular formula is C16H14N4O2. The summed E-state index contributed by atoms with van der Waals surface area (Å²) >= 11 is 0. The van der Waals surface area contributed by atoms with Crippen molar-refractivity contribution in [3.8, 4) is 34.5 Å². The number of hydrogen-bond donors (Lipinski definition) is 0. The van der Waals surface area contributed by atoms with Crippen molar-refractivity contribution in [3.63, 3.8) is 0 Å². The van der Waals surface area contributed by atoms with Gasteiger partial charge >= 0.3 is 12.0 Å². The Balaban J connectivity index is 1.96. The molecule has 0 radical (unpaired) electrons. The zero-order chi connectivity index (χ0) is 15.4. The third kappa shape index (κ3) is 2.85. The molecule has 0 unspecified atom stereocenters. The minimum atomic E-state index is 0.222. The molecule has 0 saturated heterocycles. The number of benzene rings is 1. The monoisotopic (exact) mass is 294 g/mol. The highest BCUT2D eigenvalue weighted by Gasteiger charge is 2.09. The third-order valence-corrected chi connectivity index (χ3v) is 3.12. The molecule has 22 heavy (non-hydrogen) atoms. The van der Waals surface area contributed by atoms with E-state index >= 15 is 0 Å². The molecule has 2 aromatic heterocycles. The van der Waals surface area contributed by atoms with Crippen molar-refractivity contribution in [2.24, 2.45) is 0 Å². The van der Waals surface area contributed by atoms with Gasteiger partial charge in [0.15, 0.2) is 5.82 Å². The van der Waals surface area contributed by atoms with Gasteiger partial charge in [-0.05, 0) is 23.3 Å². The first-order valence-electron chi connectivity index (χ1n) is 6.65. The molecule has 0 fully saturated rings. The number of ether oxygens (including phenoxy) is 2. The second-order valence-electron chi connectivity index (χ2n) is 4.45. The second kappa shape index (κ2) is 6.17. The van der Waals surface area contributed by atoms with Crippen LogP contribution < -0.4 is 9.47 Å². The Morgan fingerprint density at radius 1 is 0.636 bits per heavy atom. The molecule has 3 rings (SSSR count). The van der Waals surface area contributed by atoms with E-state index in [-0.39, 0.29) is 12.0 Å². The molecule has 3 aromatic rings. The Morgan fingerprint density at radius 3 is 1.68 bits per heavy atom. The van der Waals surface area contributed by atoms with Crippen molar-refractivity contribution in [1.29, 1.82) is 0 Å². The minimum Gasteiger partial charge on any atom is -0.467 e. The highest BCUT2D eigenvalue weighted by molar-refractivity contribution is 5.67. The third-order valence-electron chi connectivity index (χ3n) is 3.12. The van der Waals surface area contributed by atoms with E-state index in [0.29, 0.717) is 5.82 Å². The Labute approximate surface area is 127 Å². The van der Waals surface area contributed by atoms with Crippen molar-refractivity contribution < 1.29 is 9.47 Å². The van der Waals surface area contributed by atoms with Crippen LogP contribution in [-0.2, 0) is 0 Å². The van der Waals surface area contributed by atoms with Gasteiger partial charge in [-0.25, -0.2) is 0 Å². The number of rotatable bonds is 4. The molecule has 0 aliphatic carbocycles. The SMILES string of the molecule is COc1nc(OC)nc(-c2ccc(-c3ccncc3)cc2)n1. The van der Waals surface area contributed by atoms with Gasteiger partial charge in [-0.3, -0.25) is 4.98 Å². The van der Waals surface area contributed by atoms with Crippen LogP contribution in [0, 0.1) is 0 Å². The summed E-state index contributed by atoms with van der Waals surface area (Å²) in [5, 5.41) is 0. The van der Waals surface area contributed by atoms with Crippen LogP contribution >= 0.6 is 0 Å². The summed E-state index contributed by atoms with van der Waals surface area (Å²) in [4.78, 5) is 16.5. The molecule has 0 N–H and O–H groups in total. The summed E-state index contributed by atoms with van der Waals surface area (Å²) in [6.45, 7) is 0. The van der Waals surface area contributed by atoms with Gasteiger partial charge in [-0.15, -0.1) is 4.98 Å². The second-order valence-corrected chi connectivity index (χ2v) is 4.45. The van der Waals surface area contributed by atoms with Crippen molar-refractivity contribution in [2.45, 2.75) is 0 Å². The van der Waals surface area contributed by atoms with Gasteiger partial charge in [0.1, 0.15) is 0 Å². The quantitative estimate of drug-likeness (QED) is 0.736. The minimum absolute atomic E-state index is 0.222. The zero-order valence-corrected chi connectivity index (χ0v) is 12.2. The smallest absolute Gasteiger partial charge is 0.322 e. The predicted octanol–water partition coefficient (Wildman–Crippen LogP) is 2.62. The predicted molar refractivity (Wildman–Crippen MR) is 81.6 cm³/mol. The summed E-state index contributed by atoms with van der Waals surface area (Å²) in [7, 11) is 3.01. The lowest BCUT2D eigenvalue weighted by Gasteiger charge is -2.06. The summed E-state index contributed by atoms with van der Waals surface area (Å²) in [6, 6.07) is 12.3. The van der Waals surface area contributed by atoms with E-state index in [4.69, 9.17) is 9.47 Å². The van der Waals surface area contributed by atoms with Crippen LogP contribution in [0.5, 0.6) is 12.0 Å². The van der Waals surface area contributed by atoms with Crippen LogP contribution in [0.25, 0.3) is 22.5 Å². The first-order chi connectivity index (χ1) is 10.8. The van der Waals surface area contributed by atoms with Crippen molar-refractivity contribution >= 4 is 0 Å². The van der Waals surface area contributed by atoms with Crippen molar-refractivity contribution in [1.82, 2.24) is 19.9 Å². The highest BCUT2D eigenvalue weighted by Crippen LogP contribution is 2.24. The lowest BCUT2D eigenvalue weighted by Crippen LogP contribution is -2.00. The molecule has 6 heteroatoms. The van der Waals surface area contributed by atoms with Gasteiger partial charge in [0.05, 0.1) is 14.2 Å². The van der Waals surface area contributed by atoms with E-state index in [0.717, 1.165) is 16.7 Å². The first kappa shape index (κ1) is 13.9. The molecule has 0 amide bonds. The van der Waals surface area contributed by atoms with E-state index in [1.54, 1.807) is 12.4 Å². The molecule has 6 nitrogen and oxygen atoms in total. The topological polar surface area (TPSA) is 70.0 Å². The normalized spacial score (nSPS) is 10.3. The van der Waals surface area contributed by atoms with Crippen LogP contribution in [0.15, 0.2) is 48.8 Å². The molecular weight excluding hydrogens is 280 g/mol. The van der Waals surface area contributed by atoms with E-state index in [1.807, 2.05) is 36.4 Å². The number of methoxy groups -OCH3 is 2. The fourth-order valence-electron chi connectivity index (χ4n) is 2.01. The summed E-state index contributed by atoms with van der Waals surface area (Å²) in [5.74, 6) is 0.505. The van der Waals surface area contributed by atoms with Gasteiger partial charge in [0.2, 0.25) is 0 Å². The van der Waals surface area contributed by atoms with Crippen LogP contribution in [0.4, 0.5) is 0 Å². The maximum atomic E-state index is 5.06. The van der Waals surface area contributed by atoms with Gasteiger partial charge < -0.3 is 9.47 Å². The van der Waals surface area contributed by atoms with Crippen LogP contribution in [0.3, 0.4) is 0 Å². The lowest BCUT2D eigenvalue weighted by atomic mass is 10.1. The lowest BCUT2D eigenvalue weighted by molar-refractivity contribution is 0.341. The Bertz CT molecular complexity index is 739. The van der Waals surface area contributed by atoms with Crippen molar-refractivity contribution in [2.75, 3.05) is 14.2 Å². The molecule has 0 aliphatic rings. The van der Waals surface area contributed by atoms with Crippen molar-refractivity contribution in [3.05, 3.63) is 48.8 Å². The largest absolute Gasteiger partial charge is 0.467 e.